The molecule has 7 rings (SSSR count). The van der Waals surface area contributed by atoms with Gasteiger partial charge in [0.1, 0.15) is 23.8 Å². The molecule has 0 amide bonds. The first-order valence-corrected chi connectivity index (χ1v) is 13.6. The second-order valence-corrected chi connectivity index (χ2v) is 10.6. The van der Waals surface area contributed by atoms with Crippen LogP contribution in [-0.2, 0) is 4.74 Å². The number of hydrogen-bond acceptors (Lipinski definition) is 8. The van der Waals surface area contributed by atoms with Crippen LogP contribution in [0.3, 0.4) is 0 Å². The molecule has 0 radical (unpaired) electrons. The van der Waals surface area contributed by atoms with Gasteiger partial charge in [-0.15, -0.1) is 0 Å². The fourth-order valence-corrected chi connectivity index (χ4v) is 5.96. The Hall–Kier alpha value is -3.46. The first-order chi connectivity index (χ1) is 18.2. The number of morpholine rings is 1. The van der Waals surface area contributed by atoms with Gasteiger partial charge in [-0.25, -0.2) is 15.0 Å². The molecule has 0 saturated carbocycles. The Morgan fingerprint density at radius 1 is 0.892 bits per heavy atom. The smallest absolute Gasteiger partial charge is 0.160 e. The molecule has 3 aliphatic rings. The van der Waals surface area contributed by atoms with Crippen molar-refractivity contribution in [1.29, 1.82) is 0 Å². The summed E-state index contributed by atoms with van der Waals surface area (Å²) in [6.45, 7) is 10.7. The molecule has 0 N–H and O–H groups in total. The van der Waals surface area contributed by atoms with Crippen molar-refractivity contribution in [1.82, 2.24) is 24.6 Å². The molecule has 4 aromatic rings. The molecule has 6 heterocycles. The van der Waals surface area contributed by atoms with Crippen LogP contribution in [-0.4, -0.2) is 70.5 Å². The molecule has 192 valence electrons. The minimum Gasteiger partial charge on any atom is -0.378 e. The number of anilines is 3. The first-order valence-electron chi connectivity index (χ1n) is 13.6. The Morgan fingerprint density at radius 2 is 1.76 bits per heavy atom. The van der Waals surface area contributed by atoms with E-state index in [9.17, 15) is 0 Å². The van der Waals surface area contributed by atoms with Crippen molar-refractivity contribution in [3.8, 4) is 0 Å². The van der Waals surface area contributed by atoms with E-state index in [1.165, 1.54) is 24.0 Å². The molecule has 1 unspecified atom stereocenters. The zero-order valence-electron chi connectivity index (χ0n) is 21.7. The topological polar surface area (TPSA) is 74.9 Å². The van der Waals surface area contributed by atoms with Crippen LogP contribution in [0.2, 0.25) is 0 Å². The Balaban J connectivity index is 1.34. The minimum atomic E-state index is 0.151. The molecule has 1 atom stereocenters. The number of nitrogens with zero attached hydrogens (tertiary/aromatic N) is 8. The summed E-state index contributed by atoms with van der Waals surface area (Å²) in [6.07, 6.45) is 6.31. The first kappa shape index (κ1) is 22.7. The van der Waals surface area contributed by atoms with E-state index in [2.05, 4.69) is 62.3 Å². The van der Waals surface area contributed by atoms with Gasteiger partial charge in [0.25, 0.3) is 0 Å². The summed E-state index contributed by atoms with van der Waals surface area (Å²) < 4.78 is 7.70. The summed E-state index contributed by atoms with van der Waals surface area (Å²) in [5.41, 5.74) is 5.51. The number of fused-ring (bicyclic) bond motifs is 2. The van der Waals surface area contributed by atoms with Gasteiger partial charge in [0.2, 0.25) is 0 Å². The molecule has 37 heavy (non-hydrogen) atoms. The standard InChI is InChI=1S/C28H34N8O/c1-19-7-8-21-27(20(19)2)28(30-18-29-21)35-11-4-3-6-23(35)22-16-25-31-24(33-9-5-10-33)17-26(36(25)32-22)34-12-14-37-15-13-34/h7-8,16-18,23H,3-6,9-15H2,1-2H3. The van der Waals surface area contributed by atoms with Crippen LogP contribution in [0.15, 0.2) is 30.6 Å². The van der Waals surface area contributed by atoms with Crippen LogP contribution in [0.1, 0.15) is 48.5 Å². The average molecular weight is 499 g/mol. The van der Waals surface area contributed by atoms with Gasteiger partial charge in [0.15, 0.2) is 5.65 Å². The Bertz CT molecular complexity index is 1460. The summed E-state index contributed by atoms with van der Waals surface area (Å²) in [4.78, 5) is 21.7. The molecule has 9 nitrogen and oxygen atoms in total. The molecule has 3 fully saturated rings. The van der Waals surface area contributed by atoms with Gasteiger partial charge in [-0.2, -0.15) is 9.61 Å². The molecular formula is C28H34N8O. The molecular weight excluding hydrogens is 464 g/mol. The van der Waals surface area contributed by atoms with E-state index in [0.29, 0.717) is 0 Å². The van der Waals surface area contributed by atoms with E-state index in [1.54, 1.807) is 6.33 Å². The number of benzene rings is 1. The van der Waals surface area contributed by atoms with Crippen molar-refractivity contribution in [2.75, 3.05) is 60.6 Å². The summed E-state index contributed by atoms with van der Waals surface area (Å²) in [5, 5.41) is 6.38. The van der Waals surface area contributed by atoms with Crippen molar-refractivity contribution in [3.63, 3.8) is 0 Å². The second-order valence-electron chi connectivity index (χ2n) is 10.6. The van der Waals surface area contributed by atoms with Crippen molar-refractivity contribution < 1.29 is 4.74 Å². The number of ether oxygens (including phenoxy) is 1. The zero-order chi connectivity index (χ0) is 24.9. The van der Waals surface area contributed by atoms with Crippen molar-refractivity contribution in [3.05, 3.63) is 47.4 Å². The summed E-state index contributed by atoms with van der Waals surface area (Å²) in [6, 6.07) is 8.84. The highest BCUT2D eigenvalue weighted by Gasteiger charge is 2.31. The van der Waals surface area contributed by atoms with Crippen LogP contribution < -0.4 is 14.7 Å². The average Bonchev–Trinajstić information content (AvgIpc) is 3.34. The fraction of sp³-hybridized carbons (Fsp3) is 0.500. The minimum absolute atomic E-state index is 0.151. The van der Waals surface area contributed by atoms with Crippen LogP contribution in [0, 0.1) is 13.8 Å². The molecule has 3 aliphatic heterocycles. The van der Waals surface area contributed by atoms with Crippen LogP contribution in [0.5, 0.6) is 0 Å². The van der Waals surface area contributed by atoms with Crippen LogP contribution in [0.4, 0.5) is 17.5 Å². The monoisotopic (exact) mass is 498 g/mol. The summed E-state index contributed by atoms with van der Waals surface area (Å²) in [5.74, 6) is 3.19. The lowest BCUT2D eigenvalue weighted by Crippen LogP contribution is -2.40. The quantitative estimate of drug-likeness (QED) is 0.417. The number of rotatable bonds is 4. The van der Waals surface area contributed by atoms with Gasteiger partial charge in [0, 0.05) is 50.2 Å². The lowest BCUT2D eigenvalue weighted by Gasteiger charge is -2.36. The molecule has 0 aliphatic carbocycles. The maximum Gasteiger partial charge on any atom is 0.160 e. The van der Waals surface area contributed by atoms with E-state index >= 15 is 0 Å². The molecule has 0 bridgehead atoms. The van der Waals surface area contributed by atoms with Gasteiger partial charge >= 0.3 is 0 Å². The number of aryl methyl sites for hydroxylation is 2. The third-order valence-corrected chi connectivity index (χ3v) is 8.36. The van der Waals surface area contributed by atoms with E-state index in [0.717, 1.165) is 98.5 Å². The Kier molecular flexibility index (Phi) is 5.61. The lowest BCUT2D eigenvalue weighted by molar-refractivity contribution is 0.122. The normalized spacial score (nSPS) is 20.6. The summed E-state index contributed by atoms with van der Waals surface area (Å²) >= 11 is 0. The van der Waals surface area contributed by atoms with Gasteiger partial charge in [-0.3, -0.25) is 0 Å². The van der Waals surface area contributed by atoms with Crippen molar-refractivity contribution in [2.45, 2.75) is 45.6 Å². The van der Waals surface area contributed by atoms with Gasteiger partial charge < -0.3 is 19.4 Å². The second kappa shape index (κ2) is 9.13. The Morgan fingerprint density at radius 3 is 2.57 bits per heavy atom. The van der Waals surface area contributed by atoms with Gasteiger partial charge in [-0.1, -0.05) is 6.07 Å². The van der Waals surface area contributed by atoms with Crippen LogP contribution in [0.25, 0.3) is 16.6 Å². The van der Waals surface area contributed by atoms with E-state index in [-0.39, 0.29) is 6.04 Å². The number of hydrogen-bond donors (Lipinski definition) is 0. The van der Waals surface area contributed by atoms with E-state index in [4.69, 9.17) is 19.8 Å². The van der Waals surface area contributed by atoms with E-state index in [1.807, 2.05) is 0 Å². The predicted molar refractivity (Wildman–Crippen MR) is 146 cm³/mol. The fourth-order valence-electron chi connectivity index (χ4n) is 5.96. The maximum absolute atomic E-state index is 5.64. The van der Waals surface area contributed by atoms with Crippen LogP contribution >= 0.6 is 0 Å². The largest absolute Gasteiger partial charge is 0.378 e. The maximum atomic E-state index is 5.64. The molecule has 1 aromatic carbocycles. The third kappa shape index (κ3) is 3.87. The zero-order valence-corrected chi connectivity index (χ0v) is 21.7. The van der Waals surface area contributed by atoms with Gasteiger partial charge in [-0.05, 0) is 56.7 Å². The third-order valence-electron chi connectivity index (χ3n) is 8.36. The van der Waals surface area contributed by atoms with Crippen molar-refractivity contribution in [2.24, 2.45) is 0 Å². The van der Waals surface area contributed by atoms with E-state index < -0.39 is 0 Å². The molecule has 3 saturated heterocycles. The SMILES string of the molecule is Cc1ccc2ncnc(N3CCCCC3c3cc4nc(N5CCC5)cc(N5CCOCC5)n4n3)c2c1C. The number of aromatic nitrogens is 5. The highest BCUT2D eigenvalue weighted by atomic mass is 16.5. The summed E-state index contributed by atoms with van der Waals surface area (Å²) in [7, 11) is 0. The Labute approximate surface area is 217 Å². The predicted octanol–water partition coefficient (Wildman–Crippen LogP) is 4.07. The van der Waals surface area contributed by atoms with Crippen molar-refractivity contribution >= 4 is 34.0 Å². The molecule has 9 heteroatoms. The highest BCUT2D eigenvalue weighted by Crippen LogP contribution is 2.39. The highest BCUT2D eigenvalue weighted by molar-refractivity contribution is 5.93. The van der Waals surface area contributed by atoms with Gasteiger partial charge in [0.05, 0.1) is 30.5 Å². The molecule has 0 spiro atoms. The lowest BCUT2D eigenvalue weighted by atomic mass is 9.97. The molecule has 3 aromatic heterocycles. The number of piperidine rings is 1.